The lowest BCUT2D eigenvalue weighted by Crippen LogP contribution is -2.62. The molecular weight excluding hydrogens is 262 g/mol. The molecule has 0 saturated carbocycles. The van der Waals surface area contributed by atoms with Gasteiger partial charge in [-0.2, -0.15) is 0 Å². The van der Waals surface area contributed by atoms with Crippen molar-refractivity contribution >= 4 is 23.2 Å². The second-order valence-electron chi connectivity index (χ2n) is 4.67. The monoisotopic (exact) mass is 281 g/mol. The van der Waals surface area contributed by atoms with Crippen molar-refractivity contribution < 1.29 is 9.59 Å². The van der Waals surface area contributed by atoms with Crippen LogP contribution in [-0.4, -0.2) is 33.8 Å². The minimum Gasteiger partial charge on any atom is -0.343 e. The van der Waals surface area contributed by atoms with Gasteiger partial charge < -0.3 is 10.2 Å². The van der Waals surface area contributed by atoms with Crippen molar-refractivity contribution in [1.29, 1.82) is 0 Å². The van der Waals surface area contributed by atoms with Gasteiger partial charge in [-0.3, -0.25) is 9.59 Å². The highest BCUT2D eigenvalue weighted by Gasteiger charge is 2.39. The van der Waals surface area contributed by atoms with Gasteiger partial charge in [0.15, 0.2) is 0 Å². The molecule has 1 aliphatic rings. The van der Waals surface area contributed by atoms with Gasteiger partial charge in [0.05, 0.1) is 6.54 Å². The molecule has 5 nitrogen and oxygen atoms in total. The molecule has 2 heterocycles. The van der Waals surface area contributed by atoms with E-state index in [1.807, 2.05) is 19.2 Å². The SMILES string of the molecule is CCCC1C(=O)NC(CC)C(=O)N1Cc1nccs1. The fourth-order valence-electron chi connectivity index (χ4n) is 2.33. The fourth-order valence-corrected chi connectivity index (χ4v) is 2.94. The van der Waals surface area contributed by atoms with Crippen LogP contribution in [0, 0.1) is 0 Å². The number of carbonyl (C=O) groups is 2. The number of thiazole rings is 1. The van der Waals surface area contributed by atoms with Crippen LogP contribution >= 0.6 is 11.3 Å². The summed E-state index contributed by atoms with van der Waals surface area (Å²) in [7, 11) is 0. The molecule has 2 unspecified atom stereocenters. The van der Waals surface area contributed by atoms with Gasteiger partial charge in [-0.25, -0.2) is 4.98 Å². The number of hydrogen-bond acceptors (Lipinski definition) is 4. The standard InChI is InChI=1S/C13H19N3O2S/c1-3-5-10-12(17)15-9(4-2)13(18)16(10)8-11-14-6-7-19-11/h6-7,9-10H,3-5,8H2,1-2H3,(H,15,17). The van der Waals surface area contributed by atoms with Crippen LogP contribution in [0.15, 0.2) is 11.6 Å². The Morgan fingerprint density at radius 3 is 2.79 bits per heavy atom. The second-order valence-corrected chi connectivity index (χ2v) is 5.64. The number of hydrogen-bond donors (Lipinski definition) is 1. The smallest absolute Gasteiger partial charge is 0.246 e. The molecule has 0 aliphatic carbocycles. The quantitative estimate of drug-likeness (QED) is 0.890. The zero-order chi connectivity index (χ0) is 13.8. The van der Waals surface area contributed by atoms with E-state index in [-0.39, 0.29) is 23.9 Å². The van der Waals surface area contributed by atoms with Crippen LogP contribution < -0.4 is 5.32 Å². The first-order valence-corrected chi connectivity index (χ1v) is 7.54. The molecule has 0 spiro atoms. The lowest BCUT2D eigenvalue weighted by Gasteiger charge is -2.38. The average molecular weight is 281 g/mol. The number of nitrogens with zero attached hydrogens (tertiary/aromatic N) is 2. The molecule has 2 atom stereocenters. The summed E-state index contributed by atoms with van der Waals surface area (Å²) < 4.78 is 0. The molecular formula is C13H19N3O2S. The molecule has 0 aromatic carbocycles. The minimum atomic E-state index is -0.388. The van der Waals surface area contributed by atoms with E-state index in [0.29, 0.717) is 19.4 Å². The average Bonchev–Trinajstić information content (AvgIpc) is 2.90. The molecule has 104 valence electrons. The van der Waals surface area contributed by atoms with Crippen molar-refractivity contribution in [3.63, 3.8) is 0 Å². The number of amides is 2. The lowest BCUT2D eigenvalue weighted by atomic mass is 10.0. The van der Waals surface area contributed by atoms with Crippen molar-refractivity contribution in [2.24, 2.45) is 0 Å². The Labute approximate surface area is 117 Å². The Balaban J connectivity index is 2.20. The van der Waals surface area contributed by atoms with Gasteiger partial charge in [0.25, 0.3) is 0 Å². The molecule has 1 aliphatic heterocycles. The maximum atomic E-state index is 12.4. The second kappa shape index (κ2) is 6.14. The summed E-state index contributed by atoms with van der Waals surface area (Å²) >= 11 is 1.51. The van der Waals surface area contributed by atoms with E-state index in [1.54, 1.807) is 11.1 Å². The van der Waals surface area contributed by atoms with E-state index in [4.69, 9.17) is 0 Å². The normalized spacial score (nSPS) is 23.6. The van der Waals surface area contributed by atoms with Crippen molar-refractivity contribution in [3.8, 4) is 0 Å². The predicted molar refractivity (Wildman–Crippen MR) is 73.6 cm³/mol. The van der Waals surface area contributed by atoms with Crippen LogP contribution in [0.3, 0.4) is 0 Å². The van der Waals surface area contributed by atoms with Gasteiger partial charge >= 0.3 is 0 Å². The van der Waals surface area contributed by atoms with Crippen molar-refractivity contribution in [2.45, 2.75) is 51.7 Å². The summed E-state index contributed by atoms with van der Waals surface area (Å²) in [5, 5.41) is 5.57. The summed E-state index contributed by atoms with van der Waals surface area (Å²) in [6.07, 6.45) is 3.91. The molecule has 0 bridgehead atoms. The maximum Gasteiger partial charge on any atom is 0.246 e. The first-order chi connectivity index (χ1) is 9.17. The number of rotatable bonds is 5. The van der Waals surface area contributed by atoms with Gasteiger partial charge in [0.2, 0.25) is 11.8 Å². The lowest BCUT2D eigenvalue weighted by molar-refractivity contribution is -0.150. The van der Waals surface area contributed by atoms with Gasteiger partial charge in [-0.05, 0) is 12.8 Å². The van der Waals surface area contributed by atoms with Crippen LogP contribution in [0.1, 0.15) is 38.1 Å². The maximum absolute atomic E-state index is 12.4. The molecule has 1 N–H and O–H groups in total. The molecule has 6 heteroatoms. The van der Waals surface area contributed by atoms with Crippen molar-refractivity contribution in [2.75, 3.05) is 0 Å². The number of aromatic nitrogens is 1. The highest BCUT2D eigenvalue weighted by molar-refractivity contribution is 7.09. The van der Waals surface area contributed by atoms with E-state index in [9.17, 15) is 9.59 Å². The molecule has 1 fully saturated rings. The molecule has 19 heavy (non-hydrogen) atoms. The third kappa shape index (κ3) is 2.94. The van der Waals surface area contributed by atoms with E-state index >= 15 is 0 Å². The zero-order valence-corrected chi connectivity index (χ0v) is 12.1. The molecule has 2 rings (SSSR count). The topological polar surface area (TPSA) is 62.3 Å². The predicted octanol–water partition coefficient (Wildman–Crippen LogP) is 1.55. The summed E-state index contributed by atoms with van der Waals surface area (Å²) in [5.41, 5.74) is 0. The van der Waals surface area contributed by atoms with E-state index in [2.05, 4.69) is 10.3 Å². The Morgan fingerprint density at radius 1 is 1.42 bits per heavy atom. The Bertz CT molecular complexity index is 447. The third-order valence-corrected chi connectivity index (χ3v) is 4.10. The van der Waals surface area contributed by atoms with Crippen LogP contribution in [-0.2, 0) is 16.1 Å². The van der Waals surface area contributed by atoms with Gasteiger partial charge in [-0.1, -0.05) is 20.3 Å². The highest BCUT2D eigenvalue weighted by atomic mass is 32.1. The van der Waals surface area contributed by atoms with Crippen molar-refractivity contribution in [1.82, 2.24) is 15.2 Å². The van der Waals surface area contributed by atoms with Crippen LogP contribution in [0.2, 0.25) is 0 Å². The third-order valence-electron chi connectivity index (χ3n) is 3.34. The largest absolute Gasteiger partial charge is 0.343 e. The zero-order valence-electron chi connectivity index (χ0n) is 11.3. The van der Waals surface area contributed by atoms with Gasteiger partial charge in [-0.15, -0.1) is 11.3 Å². The molecule has 1 aromatic rings. The number of piperazine rings is 1. The van der Waals surface area contributed by atoms with Crippen LogP contribution in [0.5, 0.6) is 0 Å². The van der Waals surface area contributed by atoms with E-state index in [0.717, 1.165) is 11.4 Å². The van der Waals surface area contributed by atoms with Crippen molar-refractivity contribution in [3.05, 3.63) is 16.6 Å². The Hall–Kier alpha value is -1.43. The van der Waals surface area contributed by atoms with Gasteiger partial charge in [0.1, 0.15) is 17.1 Å². The fraction of sp³-hybridized carbons (Fsp3) is 0.615. The van der Waals surface area contributed by atoms with E-state index < -0.39 is 0 Å². The number of nitrogens with one attached hydrogen (secondary N) is 1. The highest BCUT2D eigenvalue weighted by Crippen LogP contribution is 2.20. The summed E-state index contributed by atoms with van der Waals surface area (Å²) in [6.45, 7) is 4.36. The van der Waals surface area contributed by atoms with Gasteiger partial charge in [0, 0.05) is 11.6 Å². The summed E-state index contributed by atoms with van der Waals surface area (Å²) in [6, 6.07) is -0.746. The Kier molecular flexibility index (Phi) is 4.52. The summed E-state index contributed by atoms with van der Waals surface area (Å²) in [5.74, 6) is -0.0272. The Morgan fingerprint density at radius 2 is 2.21 bits per heavy atom. The summed E-state index contributed by atoms with van der Waals surface area (Å²) in [4.78, 5) is 30.4. The van der Waals surface area contributed by atoms with E-state index in [1.165, 1.54) is 11.3 Å². The first kappa shape index (κ1) is 14.0. The minimum absolute atomic E-state index is 0.00995. The molecule has 1 saturated heterocycles. The number of carbonyl (C=O) groups excluding carboxylic acids is 2. The molecule has 2 amide bonds. The van der Waals surface area contributed by atoms with Crippen LogP contribution in [0.25, 0.3) is 0 Å². The molecule has 0 radical (unpaired) electrons. The molecule has 1 aromatic heterocycles. The van der Waals surface area contributed by atoms with Crippen LogP contribution in [0.4, 0.5) is 0 Å². The first-order valence-electron chi connectivity index (χ1n) is 6.66.